The second kappa shape index (κ2) is 9.03. The maximum absolute atomic E-state index is 12.6. The van der Waals surface area contributed by atoms with E-state index in [4.69, 9.17) is 17.0 Å². The van der Waals surface area contributed by atoms with Crippen LogP contribution in [0.4, 0.5) is 0 Å². The van der Waals surface area contributed by atoms with Gasteiger partial charge in [0, 0.05) is 5.56 Å². The van der Waals surface area contributed by atoms with Crippen LogP contribution in [0.15, 0.2) is 59.5 Å². The van der Waals surface area contributed by atoms with Crippen molar-refractivity contribution in [1.82, 2.24) is 10.4 Å². The molecule has 1 saturated heterocycles. The number of hydrogen-bond donors (Lipinski definition) is 1. The van der Waals surface area contributed by atoms with Crippen molar-refractivity contribution >= 4 is 46.2 Å². The van der Waals surface area contributed by atoms with Crippen molar-refractivity contribution in [2.75, 3.05) is 6.61 Å². The highest BCUT2D eigenvalue weighted by Crippen LogP contribution is 2.31. The zero-order valence-electron chi connectivity index (χ0n) is 15.5. The number of thiocarbonyl (C=S) groups is 1. The Kier molecular flexibility index (Phi) is 6.49. The summed E-state index contributed by atoms with van der Waals surface area (Å²) in [6.07, 6.45) is 1.75. The van der Waals surface area contributed by atoms with Crippen molar-refractivity contribution in [1.29, 1.82) is 0 Å². The molecule has 0 unspecified atom stereocenters. The third kappa shape index (κ3) is 4.99. The summed E-state index contributed by atoms with van der Waals surface area (Å²) in [6, 6.07) is 16.2. The van der Waals surface area contributed by atoms with E-state index >= 15 is 0 Å². The van der Waals surface area contributed by atoms with E-state index in [1.807, 2.05) is 30.3 Å². The summed E-state index contributed by atoms with van der Waals surface area (Å²) in [5.74, 6) is 0.505. The first-order chi connectivity index (χ1) is 13.4. The van der Waals surface area contributed by atoms with Gasteiger partial charge in [-0.3, -0.25) is 15.0 Å². The van der Waals surface area contributed by atoms with Crippen molar-refractivity contribution in [2.24, 2.45) is 5.92 Å². The Hall–Kier alpha value is -2.64. The zero-order chi connectivity index (χ0) is 20.1. The second-order valence-electron chi connectivity index (χ2n) is 6.60. The summed E-state index contributed by atoms with van der Waals surface area (Å²) in [6.45, 7) is 4.83. The number of carbonyl (C=O) groups excluding carboxylic acids is 2. The summed E-state index contributed by atoms with van der Waals surface area (Å²) in [5.41, 5.74) is 3.88. The molecule has 3 rings (SSSR count). The Bertz CT molecular complexity index is 909. The smallest absolute Gasteiger partial charge is 0.285 e. The standard InChI is InChI=1S/C21H20N2O3S2/c1-14(2)13-26-17-10-8-15(9-11-17)12-18-20(25)23(21(27)28-18)22-19(24)16-6-4-3-5-7-16/h3-12,14H,13H2,1-2H3,(H,22,24)/b18-12-. The number of ether oxygens (including phenoxy) is 1. The van der Waals surface area contributed by atoms with E-state index in [1.165, 1.54) is 0 Å². The highest BCUT2D eigenvalue weighted by Gasteiger charge is 2.33. The van der Waals surface area contributed by atoms with Gasteiger partial charge in [-0.2, -0.15) is 5.01 Å². The highest BCUT2D eigenvalue weighted by molar-refractivity contribution is 8.26. The predicted molar refractivity (Wildman–Crippen MR) is 116 cm³/mol. The van der Waals surface area contributed by atoms with Crippen LogP contribution in [0.2, 0.25) is 0 Å². The van der Waals surface area contributed by atoms with Crippen LogP contribution in [0.25, 0.3) is 6.08 Å². The number of nitrogens with zero attached hydrogens (tertiary/aromatic N) is 1. The van der Waals surface area contributed by atoms with Crippen LogP contribution in [-0.2, 0) is 4.79 Å². The van der Waals surface area contributed by atoms with E-state index in [-0.39, 0.29) is 16.1 Å². The van der Waals surface area contributed by atoms with E-state index < -0.39 is 0 Å². The van der Waals surface area contributed by atoms with Gasteiger partial charge in [-0.25, -0.2) is 0 Å². The average molecular weight is 413 g/mol. The lowest BCUT2D eigenvalue weighted by Crippen LogP contribution is -2.44. The van der Waals surface area contributed by atoms with E-state index in [0.29, 0.717) is 23.0 Å². The molecule has 2 aromatic rings. The Balaban J connectivity index is 1.68. The Morgan fingerprint density at radius 1 is 1.18 bits per heavy atom. The number of hydrazine groups is 1. The molecule has 0 bridgehead atoms. The molecule has 144 valence electrons. The molecule has 0 atom stereocenters. The van der Waals surface area contributed by atoms with Crippen molar-refractivity contribution in [3.8, 4) is 5.75 Å². The largest absolute Gasteiger partial charge is 0.493 e. The predicted octanol–water partition coefficient (Wildman–Crippen LogP) is 4.27. The monoisotopic (exact) mass is 412 g/mol. The number of benzene rings is 2. The number of hydrogen-bond acceptors (Lipinski definition) is 5. The van der Waals surface area contributed by atoms with Crippen LogP contribution >= 0.6 is 24.0 Å². The van der Waals surface area contributed by atoms with Crippen molar-refractivity contribution in [3.63, 3.8) is 0 Å². The van der Waals surface area contributed by atoms with Crippen LogP contribution in [-0.4, -0.2) is 27.8 Å². The van der Waals surface area contributed by atoms with E-state index in [1.54, 1.807) is 30.3 Å². The Labute approximate surface area is 173 Å². The summed E-state index contributed by atoms with van der Waals surface area (Å²) in [5, 5.41) is 1.11. The molecule has 1 N–H and O–H groups in total. The van der Waals surface area contributed by atoms with Crippen LogP contribution in [0.1, 0.15) is 29.8 Å². The van der Waals surface area contributed by atoms with Crippen molar-refractivity contribution in [2.45, 2.75) is 13.8 Å². The number of rotatable bonds is 6. The molecule has 7 heteroatoms. The zero-order valence-corrected chi connectivity index (χ0v) is 17.2. The van der Waals surface area contributed by atoms with Crippen LogP contribution in [0.3, 0.4) is 0 Å². The van der Waals surface area contributed by atoms with Gasteiger partial charge in [0.1, 0.15) is 5.75 Å². The molecule has 5 nitrogen and oxygen atoms in total. The van der Waals surface area contributed by atoms with Crippen molar-refractivity contribution in [3.05, 3.63) is 70.6 Å². The minimum absolute atomic E-state index is 0.289. The van der Waals surface area contributed by atoms with Gasteiger partial charge >= 0.3 is 0 Å². The van der Waals surface area contributed by atoms with E-state index in [9.17, 15) is 9.59 Å². The Morgan fingerprint density at radius 3 is 2.50 bits per heavy atom. The first kappa shape index (κ1) is 20.1. The number of thioether (sulfide) groups is 1. The van der Waals surface area contributed by atoms with Crippen LogP contribution in [0, 0.1) is 5.92 Å². The fraction of sp³-hybridized carbons (Fsp3) is 0.190. The maximum atomic E-state index is 12.6. The third-order valence-corrected chi connectivity index (χ3v) is 5.11. The second-order valence-corrected chi connectivity index (χ2v) is 8.27. The molecule has 1 aliphatic rings. The fourth-order valence-electron chi connectivity index (χ4n) is 2.39. The quantitative estimate of drug-likeness (QED) is 0.567. The van der Waals surface area contributed by atoms with E-state index in [2.05, 4.69) is 19.3 Å². The van der Waals surface area contributed by atoms with Gasteiger partial charge in [0.25, 0.3) is 11.8 Å². The van der Waals surface area contributed by atoms with Crippen LogP contribution in [0.5, 0.6) is 5.75 Å². The fourth-order valence-corrected chi connectivity index (χ4v) is 3.57. The molecule has 28 heavy (non-hydrogen) atoms. The van der Waals surface area contributed by atoms with Crippen LogP contribution < -0.4 is 10.2 Å². The van der Waals surface area contributed by atoms with Gasteiger partial charge in [0.05, 0.1) is 11.5 Å². The molecule has 1 heterocycles. The molecule has 0 radical (unpaired) electrons. The molecule has 2 aromatic carbocycles. The maximum Gasteiger partial charge on any atom is 0.285 e. The summed E-state index contributed by atoms with van der Waals surface area (Å²) in [4.78, 5) is 25.4. The molecule has 1 aliphatic heterocycles. The normalized spacial score (nSPS) is 15.4. The number of carbonyl (C=O) groups is 2. The minimum atomic E-state index is -0.384. The lowest BCUT2D eigenvalue weighted by molar-refractivity contribution is -0.123. The Morgan fingerprint density at radius 2 is 1.86 bits per heavy atom. The summed E-state index contributed by atoms with van der Waals surface area (Å²) < 4.78 is 5.95. The molecule has 2 amide bonds. The molecule has 0 saturated carbocycles. The van der Waals surface area contributed by atoms with Gasteiger partial charge in [-0.1, -0.05) is 55.9 Å². The van der Waals surface area contributed by atoms with Gasteiger partial charge in [-0.05, 0) is 54.0 Å². The number of amides is 2. The summed E-state index contributed by atoms with van der Waals surface area (Å²) >= 11 is 6.41. The molecular formula is C21H20N2O3S2. The molecule has 0 aromatic heterocycles. The molecule has 0 aliphatic carbocycles. The van der Waals surface area contributed by atoms with Gasteiger partial charge in [-0.15, -0.1) is 0 Å². The van der Waals surface area contributed by atoms with Gasteiger partial charge in [0.2, 0.25) is 0 Å². The third-order valence-electron chi connectivity index (χ3n) is 3.80. The SMILES string of the molecule is CC(C)COc1ccc(/C=C2\SC(=S)N(NC(=O)c3ccccc3)C2=O)cc1. The van der Waals surface area contributed by atoms with Gasteiger partial charge in [0.15, 0.2) is 4.32 Å². The van der Waals surface area contributed by atoms with E-state index in [0.717, 1.165) is 28.1 Å². The first-order valence-electron chi connectivity index (χ1n) is 8.81. The minimum Gasteiger partial charge on any atom is -0.493 e. The molecular weight excluding hydrogens is 392 g/mol. The number of nitrogens with one attached hydrogen (secondary N) is 1. The summed E-state index contributed by atoms with van der Waals surface area (Å²) in [7, 11) is 0. The first-order valence-corrected chi connectivity index (χ1v) is 10.0. The topological polar surface area (TPSA) is 58.6 Å². The highest BCUT2D eigenvalue weighted by atomic mass is 32.2. The average Bonchev–Trinajstić information content (AvgIpc) is 2.95. The molecule has 0 spiro atoms. The molecule has 1 fully saturated rings. The van der Waals surface area contributed by atoms with Crippen molar-refractivity contribution < 1.29 is 14.3 Å². The van der Waals surface area contributed by atoms with Gasteiger partial charge < -0.3 is 4.74 Å². The lowest BCUT2D eigenvalue weighted by Gasteiger charge is -2.15. The lowest BCUT2D eigenvalue weighted by atomic mass is 10.2.